The highest BCUT2D eigenvalue weighted by atomic mass is 35.5. The molecule has 0 unspecified atom stereocenters. The summed E-state index contributed by atoms with van der Waals surface area (Å²) < 4.78 is 5.80. The zero-order valence-corrected chi connectivity index (χ0v) is 15.9. The standard InChI is InChI=1S/C21H18ClN3O3/c1-12-23-20-19(21(27)24-12)17(10-18(26)25-20)14-5-7-16(8-6-14)28-11-13-3-2-4-15(22)9-13/h2-9,17H,10-11H2,1H3,(H2,23,24,25,26,27)/t17-/m1/s1. The molecular weight excluding hydrogens is 378 g/mol. The van der Waals surface area contributed by atoms with Crippen molar-refractivity contribution in [3.63, 3.8) is 0 Å². The molecule has 0 saturated carbocycles. The maximum absolute atomic E-state index is 12.4. The first-order valence-electron chi connectivity index (χ1n) is 8.87. The molecule has 1 atom stereocenters. The Balaban J connectivity index is 1.56. The number of anilines is 1. The molecule has 28 heavy (non-hydrogen) atoms. The summed E-state index contributed by atoms with van der Waals surface area (Å²) in [4.78, 5) is 31.5. The number of rotatable bonds is 4. The average molecular weight is 396 g/mol. The van der Waals surface area contributed by atoms with Crippen molar-refractivity contribution < 1.29 is 9.53 Å². The quantitative estimate of drug-likeness (QED) is 0.704. The van der Waals surface area contributed by atoms with Gasteiger partial charge in [-0.1, -0.05) is 35.9 Å². The van der Waals surface area contributed by atoms with E-state index in [1.807, 2.05) is 48.5 Å². The minimum absolute atomic E-state index is 0.156. The Morgan fingerprint density at radius 2 is 1.96 bits per heavy atom. The second-order valence-electron chi connectivity index (χ2n) is 6.71. The van der Waals surface area contributed by atoms with E-state index in [1.165, 1.54) is 0 Å². The summed E-state index contributed by atoms with van der Waals surface area (Å²) in [5.41, 5.74) is 2.09. The average Bonchev–Trinajstić information content (AvgIpc) is 2.65. The molecule has 2 N–H and O–H groups in total. The van der Waals surface area contributed by atoms with Crippen molar-refractivity contribution in [3.05, 3.63) is 86.4 Å². The summed E-state index contributed by atoms with van der Waals surface area (Å²) in [6.07, 6.45) is 0.198. The molecule has 1 aliphatic heterocycles. The number of aromatic amines is 1. The molecule has 0 saturated heterocycles. The number of carbonyl (C=O) groups is 1. The number of hydrogen-bond donors (Lipinski definition) is 2. The predicted molar refractivity (Wildman–Crippen MR) is 107 cm³/mol. The monoisotopic (exact) mass is 395 g/mol. The third-order valence-corrected chi connectivity index (χ3v) is 4.88. The van der Waals surface area contributed by atoms with E-state index in [2.05, 4.69) is 15.3 Å². The first kappa shape index (κ1) is 18.3. The Labute approximate surface area is 166 Å². The number of benzene rings is 2. The van der Waals surface area contributed by atoms with Crippen LogP contribution in [0.2, 0.25) is 5.02 Å². The van der Waals surface area contributed by atoms with Gasteiger partial charge in [-0.25, -0.2) is 4.98 Å². The summed E-state index contributed by atoms with van der Waals surface area (Å²) in [5, 5.41) is 3.36. The molecule has 7 heteroatoms. The van der Waals surface area contributed by atoms with Gasteiger partial charge in [0.1, 0.15) is 24.0 Å². The molecule has 1 aromatic heterocycles. The van der Waals surface area contributed by atoms with Gasteiger partial charge in [-0.2, -0.15) is 0 Å². The lowest BCUT2D eigenvalue weighted by molar-refractivity contribution is -0.116. The third-order valence-electron chi connectivity index (χ3n) is 4.65. The fraction of sp³-hybridized carbons (Fsp3) is 0.190. The van der Waals surface area contributed by atoms with Gasteiger partial charge in [0.25, 0.3) is 5.56 Å². The Morgan fingerprint density at radius 1 is 1.18 bits per heavy atom. The number of aryl methyl sites for hydroxylation is 1. The van der Waals surface area contributed by atoms with Gasteiger partial charge < -0.3 is 15.0 Å². The zero-order chi connectivity index (χ0) is 19.7. The lowest BCUT2D eigenvalue weighted by Crippen LogP contribution is -2.31. The van der Waals surface area contributed by atoms with Crippen molar-refractivity contribution in [1.29, 1.82) is 0 Å². The summed E-state index contributed by atoms with van der Waals surface area (Å²) in [5.74, 6) is 0.997. The van der Waals surface area contributed by atoms with Gasteiger partial charge >= 0.3 is 0 Å². The second-order valence-corrected chi connectivity index (χ2v) is 7.14. The van der Waals surface area contributed by atoms with E-state index >= 15 is 0 Å². The van der Waals surface area contributed by atoms with Gasteiger partial charge in [-0.3, -0.25) is 9.59 Å². The van der Waals surface area contributed by atoms with Crippen LogP contribution in [0.15, 0.2) is 53.3 Å². The summed E-state index contributed by atoms with van der Waals surface area (Å²) in [7, 11) is 0. The van der Waals surface area contributed by atoms with Crippen LogP contribution in [0.3, 0.4) is 0 Å². The van der Waals surface area contributed by atoms with Crippen molar-refractivity contribution in [2.45, 2.75) is 25.9 Å². The van der Waals surface area contributed by atoms with Crippen LogP contribution in [0.1, 0.15) is 34.9 Å². The predicted octanol–water partition coefficient (Wildman–Crippen LogP) is 3.78. The molecule has 6 nitrogen and oxygen atoms in total. The minimum Gasteiger partial charge on any atom is -0.489 e. The number of amides is 1. The van der Waals surface area contributed by atoms with Gasteiger partial charge in [0.15, 0.2) is 0 Å². The van der Waals surface area contributed by atoms with Crippen LogP contribution in [0, 0.1) is 6.92 Å². The van der Waals surface area contributed by atoms with E-state index in [-0.39, 0.29) is 23.8 Å². The van der Waals surface area contributed by atoms with Crippen LogP contribution in [0.5, 0.6) is 5.75 Å². The number of carbonyl (C=O) groups excluding carboxylic acids is 1. The highest BCUT2D eigenvalue weighted by Crippen LogP contribution is 2.34. The summed E-state index contributed by atoms with van der Waals surface area (Å²) in [6.45, 7) is 2.08. The Kier molecular flexibility index (Phi) is 4.88. The number of H-pyrrole nitrogens is 1. The van der Waals surface area contributed by atoms with Crippen LogP contribution in [-0.2, 0) is 11.4 Å². The molecule has 0 spiro atoms. The van der Waals surface area contributed by atoms with E-state index in [9.17, 15) is 9.59 Å². The number of nitrogens with one attached hydrogen (secondary N) is 2. The molecule has 142 valence electrons. The van der Waals surface area contributed by atoms with Crippen LogP contribution >= 0.6 is 11.6 Å². The number of hydrogen-bond acceptors (Lipinski definition) is 4. The molecule has 0 radical (unpaired) electrons. The van der Waals surface area contributed by atoms with Crippen LogP contribution < -0.4 is 15.6 Å². The maximum Gasteiger partial charge on any atom is 0.256 e. The second kappa shape index (κ2) is 7.48. The molecule has 1 amide bonds. The largest absolute Gasteiger partial charge is 0.489 e. The summed E-state index contributed by atoms with van der Waals surface area (Å²) >= 11 is 5.99. The van der Waals surface area contributed by atoms with Crippen molar-refractivity contribution >= 4 is 23.3 Å². The number of fused-ring (bicyclic) bond motifs is 1. The molecule has 0 fully saturated rings. The van der Waals surface area contributed by atoms with Crippen LogP contribution in [0.25, 0.3) is 0 Å². The lowest BCUT2D eigenvalue weighted by atomic mass is 9.87. The summed E-state index contributed by atoms with van der Waals surface area (Å²) in [6, 6.07) is 14.9. The molecule has 3 aromatic rings. The Bertz CT molecular complexity index is 1090. The van der Waals surface area contributed by atoms with Crippen LogP contribution in [-0.4, -0.2) is 15.9 Å². The molecule has 0 bridgehead atoms. The molecule has 1 aliphatic rings. The fourth-order valence-corrected chi connectivity index (χ4v) is 3.57. The Hall–Kier alpha value is -3.12. The smallest absolute Gasteiger partial charge is 0.256 e. The van der Waals surface area contributed by atoms with Gasteiger partial charge in [-0.15, -0.1) is 0 Å². The molecular formula is C21H18ClN3O3. The zero-order valence-electron chi connectivity index (χ0n) is 15.2. The van der Waals surface area contributed by atoms with Gasteiger partial charge in [-0.05, 0) is 42.3 Å². The highest BCUT2D eigenvalue weighted by Gasteiger charge is 2.30. The minimum atomic E-state index is -0.345. The maximum atomic E-state index is 12.4. The first-order valence-corrected chi connectivity index (χ1v) is 9.25. The number of ether oxygens (including phenoxy) is 1. The van der Waals surface area contributed by atoms with Gasteiger partial charge in [0.2, 0.25) is 5.91 Å². The highest BCUT2D eigenvalue weighted by molar-refractivity contribution is 6.30. The Morgan fingerprint density at radius 3 is 2.71 bits per heavy atom. The number of aromatic nitrogens is 2. The SMILES string of the molecule is Cc1nc2c(c(=O)[nH]1)[C@@H](c1ccc(OCc3cccc(Cl)c3)cc1)CC(=O)N2. The normalized spacial score (nSPS) is 15.6. The molecule has 2 aromatic carbocycles. The molecule has 4 rings (SSSR count). The number of halogens is 1. The van der Waals surface area contributed by atoms with Crippen molar-refractivity contribution in [2.24, 2.45) is 0 Å². The van der Waals surface area contributed by atoms with Crippen molar-refractivity contribution in [1.82, 2.24) is 9.97 Å². The van der Waals surface area contributed by atoms with E-state index in [4.69, 9.17) is 16.3 Å². The number of nitrogens with zero attached hydrogens (tertiary/aromatic N) is 1. The molecule has 0 aliphatic carbocycles. The van der Waals surface area contributed by atoms with Crippen molar-refractivity contribution in [2.75, 3.05) is 5.32 Å². The lowest BCUT2D eigenvalue weighted by Gasteiger charge is -2.24. The van der Waals surface area contributed by atoms with Crippen molar-refractivity contribution in [3.8, 4) is 5.75 Å². The van der Waals surface area contributed by atoms with Gasteiger partial charge in [0, 0.05) is 17.4 Å². The fourth-order valence-electron chi connectivity index (χ4n) is 3.36. The molecule has 2 heterocycles. The topological polar surface area (TPSA) is 84.1 Å². The van der Waals surface area contributed by atoms with E-state index < -0.39 is 0 Å². The van der Waals surface area contributed by atoms with E-state index in [0.717, 1.165) is 11.1 Å². The third kappa shape index (κ3) is 3.77. The first-order chi connectivity index (χ1) is 13.5. The van der Waals surface area contributed by atoms with E-state index in [0.29, 0.717) is 34.6 Å². The van der Waals surface area contributed by atoms with Crippen LogP contribution in [0.4, 0.5) is 5.82 Å². The van der Waals surface area contributed by atoms with Gasteiger partial charge in [0.05, 0.1) is 5.56 Å². The van der Waals surface area contributed by atoms with E-state index in [1.54, 1.807) is 6.92 Å².